The van der Waals surface area contributed by atoms with Crippen LogP contribution in [-0.4, -0.2) is 77.6 Å². The third-order valence-electron chi connectivity index (χ3n) is 15.3. The van der Waals surface area contributed by atoms with Gasteiger partial charge >= 0.3 is 11.9 Å². The van der Waals surface area contributed by atoms with Crippen LogP contribution in [0.15, 0.2) is 146 Å². The molecule has 0 aromatic heterocycles. The number of nitrogens with two attached hydrogens (primary N) is 2. The maximum absolute atomic E-state index is 11.7. The molecule has 1 amide bonds. The molecule has 3 atom stereocenters. The van der Waals surface area contributed by atoms with Gasteiger partial charge in [0.2, 0.25) is 5.91 Å². The van der Waals surface area contributed by atoms with Crippen LogP contribution in [0.5, 0.6) is 0 Å². The standard InChI is InChI=1S/C22H27ClN2O2.C21H26ClN3O.C14H16ClNO3.C8H11N/c1-16(18-6-4-3-5-7-18)24-15-17-8-9-20(23)21(14-17)25-12-10-19(11-13-25)22(26)27-2;1-15(17-5-3-2-4-6-17)24-14-16-7-8-19(22)20(13-16)25-11-9-18(10-12-25)21(23)26;1-19-14(18)11-4-6-16(7-5-11)13-8-10(9-17)2-3-12(13)15;1-7(9)8-5-3-2-4-6-8/h3-9,14,16,19,24H,10-13,15H2,1-2H3;2-8,13,15,18,24H,9-12,14H2,1H3,(H2,23,26);2-3,8-9,11H,4-7H2,1H3;2-7H,9H2,1H3/t;;;7-/m...1/s1. The van der Waals surface area contributed by atoms with Gasteiger partial charge in [-0.15, -0.1) is 0 Å². The number of nitrogens with one attached hydrogen (secondary N) is 2. The van der Waals surface area contributed by atoms with E-state index in [1.807, 2.05) is 61.5 Å². The average molecular weight is 1160 g/mol. The summed E-state index contributed by atoms with van der Waals surface area (Å²) in [7, 11) is 2.87. The van der Waals surface area contributed by atoms with Gasteiger partial charge in [-0.2, -0.15) is 0 Å². The van der Waals surface area contributed by atoms with Crippen molar-refractivity contribution in [2.24, 2.45) is 29.2 Å². The van der Waals surface area contributed by atoms with E-state index in [1.165, 1.54) is 42.0 Å². The van der Waals surface area contributed by atoms with Crippen molar-refractivity contribution in [1.29, 1.82) is 0 Å². The predicted octanol–water partition coefficient (Wildman–Crippen LogP) is 12.7. The minimum absolute atomic E-state index is 0.00148. The zero-order valence-electron chi connectivity index (χ0n) is 47.4. The summed E-state index contributed by atoms with van der Waals surface area (Å²) < 4.78 is 9.63. The number of hydrogen-bond acceptors (Lipinski definition) is 12. The van der Waals surface area contributed by atoms with Crippen LogP contribution in [0.2, 0.25) is 15.1 Å². The number of rotatable bonds is 16. The van der Waals surface area contributed by atoms with Gasteiger partial charge in [-0.1, -0.05) is 144 Å². The van der Waals surface area contributed by atoms with Crippen molar-refractivity contribution in [3.8, 4) is 0 Å². The lowest BCUT2D eigenvalue weighted by molar-refractivity contribution is -0.146. The molecule has 81 heavy (non-hydrogen) atoms. The highest BCUT2D eigenvalue weighted by molar-refractivity contribution is 6.34. The molecular formula is C65H80Cl3N7O6. The smallest absolute Gasteiger partial charge is 0.308 e. The number of carbonyl (C=O) groups is 4. The van der Waals surface area contributed by atoms with E-state index in [9.17, 15) is 19.2 Å². The molecule has 3 aliphatic rings. The second-order valence-electron chi connectivity index (χ2n) is 20.9. The van der Waals surface area contributed by atoms with Gasteiger partial charge in [0.15, 0.2) is 0 Å². The lowest BCUT2D eigenvalue weighted by atomic mass is 9.96. The fraction of sp³-hybridized carbons (Fsp3) is 0.385. The number of carbonyl (C=O) groups excluding carboxylic acids is 4. The zero-order valence-corrected chi connectivity index (χ0v) is 49.6. The van der Waals surface area contributed by atoms with E-state index in [0.29, 0.717) is 10.6 Å². The summed E-state index contributed by atoms with van der Waals surface area (Å²) >= 11 is 19.1. The van der Waals surface area contributed by atoms with Crippen molar-refractivity contribution < 1.29 is 28.7 Å². The monoisotopic (exact) mass is 1160 g/mol. The van der Waals surface area contributed by atoms with Crippen LogP contribution >= 0.6 is 34.8 Å². The first-order valence-corrected chi connectivity index (χ1v) is 29.1. The Labute approximate surface area is 494 Å². The molecule has 3 fully saturated rings. The minimum Gasteiger partial charge on any atom is -0.469 e. The molecule has 3 saturated heterocycles. The van der Waals surface area contributed by atoms with E-state index in [0.717, 1.165) is 124 Å². The van der Waals surface area contributed by atoms with E-state index in [2.05, 4.69) is 112 Å². The highest BCUT2D eigenvalue weighted by atomic mass is 35.5. The Morgan fingerprint density at radius 2 is 0.852 bits per heavy atom. The Morgan fingerprint density at radius 1 is 0.519 bits per heavy atom. The number of primary amides is 1. The third kappa shape index (κ3) is 19.6. The summed E-state index contributed by atoms with van der Waals surface area (Å²) in [6, 6.07) is 49.2. The van der Waals surface area contributed by atoms with Gasteiger partial charge in [-0.05, 0) is 124 Å². The molecule has 2 unspecified atom stereocenters. The number of nitrogens with zero attached hydrogens (tertiary/aromatic N) is 3. The molecule has 16 heteroatoms. The number of benzene rings is 6. The zero-order chi connectivity index (χ0) is 58.3. The Balaban J connectivity index is 0.000000184. The van der Waals surface area contributed by atoms with Crippen molar-refractivity contribution in [1.82, 2.24) is 10.6 Å². The van der Waals surface area contributed by atoms with Gasteiger partial charge in [0.25, 0.3) is 0 Å². The van der Waals surface area contributed by atoms with Crippen LogP contribution in [0.3, 0.4) is 0 Å². The molecule has 432 valence electrons. The average Bonchev–Trinajstić information content (AvgIpc) is 3.55. The predicted molar refractivity (Wildman–Crippen MR) is 330 cm³/mol. The Kier molecular flexibility index (Phi) is 25.8. The van der Waals surface area contributed by atoms with Crippen LogP contribution in [0, 0.1) is 17.8 Å². The first kappa shape index (κ1) is 63.7. The summed E-state index contributed by atoms with van der Waals surface area (Å²) in [4.78, 5) is 52.0. The van der Waals surface area contributed by atoms with Gasteiger partial charge in [-0.3, -0.25) is 19.2 Å². The number of aldehydes is 1. The highest BCUT2D eigenvalue weighted by Gasteiger charge is 2.29. The Hall–Kier alpha value is -6.45. The fourth-order valence-corrected chi connectivity index (χ4v) is 10.8. The minimum atomic E-state index is -0.191. The lowest BCUT2D eigenvalue weighted by Gasteiger charge is -2.33. The van der Waals surface area contributed by atoms with Gasteiger partial charge in [0, 0.05) is 82.0 Å². The summed E-state index contributed by atoms with van der Waals surface area (Å²) in [6.45, 7) is 12.6. The number of halogens is 3. The summed E-state index contributed by atoms with van der Waals surface area (Å²) in [5, 5.41) is 9.27. The SMILES string of the molecule is CC(NCc1ccc(Cl)c(N2CCC(C(N)=O)CC2)c1)c1ccccc1.COC(=O)C1CCN(c2cc(C=O)ccc2Cl)CC1.COC(=O)C1CCN(c2cc(CNC(C)c3ccccc3)ccc2Cl)CC1.C[C@@H](N)c1ccccc1. The first-order valence-electron chi connectivity index (χ1n) is 28.0. The normalized spacial score (nSPS) is 15.9. The van der Waals surface area contributed by atoms with E-state index < -0.39 is 0 Å². The van der Waals surface area contributed by atoms with Crippen LogP contribution in [-0.2, 0) is 36.9 Å². The molecule has 13 nitrogen and oxygen atoms in total. The van der Waals surface area contributed by atoms with Crippen LogP contribution in [0.1, 0.15) is 116 Å². The van der Waals surface area contributed by atoms with Gasteiger partial charge in [0.1, 0.15) is 6.29 Å². The van der Waals surface area contributed by atoms with E-state index in [1.54, 1.807) is 18.2 Å². The first-order chi connectivity index (χ1) is 39.1. The van der Waals surface area contributed by atoms with Crippen molar-refractivity contribution in [3.63, 3.8) is 0 Å². The number of ether oxygens (including phenoxy) is 2. The van der Waals surface area contributed by atoms with E-state index in [4.69, 9.17) is 55.7 Å². The lowest BCUT2D eigenvalue weighted by Crippen LogP contribution is -2.38. The molecule has 0 aliphatic carbocycles. The van der Waals surface area contributed by atoms with Crippen LogP contribution in [0.4, 0.5) is 17.1 Å². The van der Waals surface area contributed by atoms with E-state index >= 15 is 0 Å². The third-order valence-corrected chi connectivity index (χ3v) is 16.2. The summed E-state index contributed by atoms with van der Waals surface area (Å²) in [6.07, 6.45) is 5.48. The van der Waals surface area contributed by atoms with Crippen LogP contribution < -0.4 is 36.8 Å². The molecule has 6 aromatic rings. The largest absolute Gasteiger partial charge is 0.469 e. The maximum Gasteiger partial charge on any atom is 0.308 e. The molecule has 0 saturated carbocycles. The van der Waals surface area contributed by atoms with E-state index in [-0.39, 0.29) is 53.7 Å². The molecule has 6 N–H and O–H groups in total. The van der Waals surface area contributed by atoms with Crippen molar-refractivity contribution in [2.75, 3.05) is 68.2 Å². The number of amides is 1. The van der Waals surface area contributed by atoms with Gasteiger partial charge in [-0.25, -0.2) is 0 Å². The number of esters is 2. The molecule has 0 radical (unpaired) electrons. The molecule has 3 aliphatic heterocycles. The Bertz CT molecular complexity index is 2900. The van der Waals surface area contributed by atoms with Gasteiger partial charge in [0.05, 0.1) is 58.2 Å². The fourth-order valence-electron chi connectivity index (χ4n) is 10.1. The second kappa shape index (κ2) is 32.9. The molecule has 9 rings (SSSR count). The number of methoxy groups -OCH3 is 2. The van der Waals surface area contributed by atoms with Crippen LogP contribution in [0.25, 0.3) is 0 Å². The highest BCUT2D eigenvalue weighted by Crippen LogP contribution is 2.34. The Morgan fingerprint density at radius 3 is 1.17 bits per heavy atom. The molecule has 0 spiro atoms. The van der Waals surface area contributed by atoms with Gasteiger partial charge < -0.3 is 46.3 Å². The number of anilines is 3. The van der Waals surface area contributed by atoms with Crippen molar-refractivity contribution in [3.05, 3.63) is 194 Å². The number of piperidine rings is 3. The summed E-state index contributed by atoms with van der Waals surface area (Å²) in [5.41, 5.74) is 20.7. The summed E-state index contributed by atoms with van der Waals surface area (Å²) in [5.74, 6) is -0.484. The number of hydrogen-bond donors (Lipinski definition) is 4. The molecule has 6 aromatic carbocycles. The van der Waals surface area contributed by atoms with Crippen molar-refractivity contribution in [2.45, 2.75) is 90.5 Å². The topological polar surface area (TPSA) is 173 Å². The maximum atomic E-state index is 11.7. The van der Waals surface area contributed by atoms with Crippen molar-refractivity contribution >= 4 is 76.0 Å². The quantitative estimate of drug-likeness (QED) is 0.0535. The molecule has 3 heterocycles. The molecule has 0 bridgehead atoms. The molecular weight excluding hydrogens is 1080 g/mol. The second-order valence-corrected chi connectivity index (χ2v) is 22.1.